The minimum absolute atomic E-state index is 0.164. The molecule has 0 saturated heterocycles. The van der Waals surface area contributed by atoms with Crippen LogP contribution in [-0.2, 0) is 11.8 Å². The number of rotatable bonds is 5. The van der Waals surface area contributed by atoms with Crippen LogP contribution in [0.25, 0.3) is 0 Å². The Morgan fingerprint density at radius 2 is 2.09 bits per heavy atom. The summed E-state index contributed by atoms with van der Waals surface area (Å²) in [4.78, 5) is 23.9. The zero-order valence-electron chi connectivity index (χ0n) is 13.4. The predicted molar refractivity (Wildman–Crippen MR) is 90.8 cm³/mol. The summed E-state index contributed by atoms with van der Waals surface area (Å²) in [6, 6.07) is 5.61. The molecule has 2 rings (SSSR count). The van der Waals surface area contributed by atoms with E-state index >= 15 is 0 Å². The van der Waals surface area contributed by atoms with Crippen LogP contribution in [0.2, 0.25) is 0 Å². The van der Waals surface area contributed by atoms with Crippen molar-refractivity contribution in [2.45, 2.75) is 26.9 Å². The first-order valence-electron chi connectivity index (χ1n) is 7.06. The van der Waals surface area contributed by atoms with Gasteiger partial charge in [-0.2, -0.15) is 5.10 Å². The van der Waals surface area contributed by atoms with Crippen molar-refractivity contribution in [1.29, 1.82) is 0 Å². The monoisotopic (exact) mass is 379 g/mol. The normalized spacial score (nSPS) is 11.9. The molecule has 23 heavy (non-hydrogen) atoms. The van der Waals surface area contributed by atoms with Crippen LogP contribution in [0.3, 0.4) is 0 Å². The molecule has 1 N–H and O–H groups in total. The number of ether oxygens (including phenoxy) is 1. The highest BCUT2D eigenvalue weighted by Crippen LogP contribution is 2.27. The van der Waals surface area contributed by atoms with Crippen LogP contribution < -0.4 is 10.1 Å². The minimum Gasteiger partial charge on any atom is -0.480 e. The van der Waals surface area contributed by atoms with Crippen LogP contribution in [0.4, 0.5) is 5.82 Å². The molecule has 0 saturated carbocycles. The lowest BCUT2D eigenvalue weighted by atomic mass is 10.2. The molecular weight excluding hydrogens is 362 g/mol. The Morgan fingerprint density at radius 1 is 1.39 bits per heavy atom. The van der Waals surface area contributed by atoms with Gasteiger partial charge >= 0.3 is 0 Å². The molecule has 122 valence electrons. The number of hydrogen-bond acceptors (Lipinski definition) is 4. The van der Waals surface area contributed by atoms with E-state index < -0.39 is 6.10 Å². The van der Waals surface area contributed by atoms with Gasteiger partial charge in [0.1, 0.15) is 11.6 Å². The second-order valence-corrected chi connectivity index (χ2v) is 6.12. The summed E-state index contributed by atoms with van der Waals surface area (Å²) in [5.74, 6) is 0.419. The van der Waals surface area contributed by atoms with Crippen molar-refractivity contribution in [3.8, 4) is 5.75 Å². The Hall–Kier alpha value is -2.15. The van der Waals surface area contributed by atoms with Gasteiger partial charge in [0.05, 0.1) is 16.2 Å². The lowest BCUT2D eigenvalue weighted by Gasteiger charge is -2.16. The Labute approximate surface area is 143 Å². The molecule has 0 aliphatic carbocycles. The van der Waals surface area contributed by atoms with Gasteiger partial charge in [0.15, 0.2) is 11.9 Å². The van der Waals surface area contributed by atoms with Crippen LogP contribution in [-0.4, -0.2) is 27.6 Å². The van der Waals surface area contributed by atoms with Crippen LogP contribution in [0, 0.1) is 6.92 Å². The topological polar surface area (TPSA) is 73.2 Å². The number of carbonyl (C=O) groups excluding carboxylic acids is 2. The Balaban J connectivity index is 2.12. The van der Waals surface area contributed by atoms with Crippen LogP contribution >= 0.6 is 15.9 Å². The van der Waals surface area contributed by atoms with Crippen molar-refractivity contribution in [2.24, 2.45) is 7.05 Å². The summed E-state index contributed by atoms with van der Waals surface area (Å²) in [5.41, 5.74) is 1.45. The zero-order chi connectivity index (χ0) is 17.1. The van der Waals surface area contributed by atoms with E-state index in [0.717, 1.165) is 10.0 Å². The maximum absolute atomic E-state index is 12.3. The smallest absolute Gasteiger partial charge is 0.266 e. The van der Waals surface area contributed by atoms with Gasteiger partial charge in [-0.25, -0.2) is 0 Å². The molecule has 0 spiro atoms. The second kappa shape index (κ2) is 6.95. The van der Waals surface area contributed by atoms with Gasteiger partial charge in [0.25, 0.3) is 5.91 Å². The lowest BCUT2D eigenvalue weighted by Crippen LogP contribution is -2.31. The molecule has 1 amide bonds. The molecule has 1 aromatic carbocycles. The second-order valence-electron chi connectivity index (χ2n) is 5.27. The average Bonchev–Trinajstić information content (AvgIpc) is 2.83. The number of amides is 1. The Kier molecular flexibility index (Phi) is 5.20. The van der Waals surface area contributed by atoms with Crippen molar-refractivity contribution in [3.05, 3.63) is 40.0 Å². The van der Waals surface area contributed by atoms with E-state index in [4.69, 9.17) is 4.74 Å². The van der Waals surface area contributed by atoms with Crippen LogP contribution in [0.15, 0.2) is 28.9 Å². The molecule has 1 atom stereocenters. The average molecular weight is 380 g/mol. The number of anilines is 1. The lowest BCUT2D eigenvalue weighted by molar-refractivity contribution is -0.122. The maximum atomic E-state index is 12.3. The van der Waals surface area contributed by atoms with Gasteiger partial charge in [0, 0.05) is 7.05 Å². The van der Waals surface area contributed by atoms with Gasteiger partial charge in [-0.05, 0) is 54.4 Å². The van der Waals surface area contributed by atoms with E-state index in [1.165, 1.54) is 17.8 Å². The summed E-state index contributed by atoms with van der Waals surface area (Å²) >= 11 is 3.41. The summed E-state index contributed by atoms with van der Waals surface area (Å²) in [6.07, 6.45) is 0.698. The number of aryl methyl sites for hydroxylation is 2. The number of aromatic nitrogens is 2. The van der Waals surface area contributed by atoms with E-state index in [1.807, 2.05) is 19.1 Å². The van der Waals surface area contributed by atoms with E-state index in [-0.39, 0.29) is 11.7 Å². The van der Waals surface area contributed by atoms with Gasteiger partial charge in [-0.15, -0.1) is 0 Å². The highest BCUT2D eigenvalue weighted by molar-refractivity contribution is 9.10. The van der Waals surface area contributed by atoms with E-state index in [1.54, 1.807) is 20.0 Å². The van der Waals surface area contributed by atoms with E-state index in [2.05, 4.69) is 26.3 Å². The highest BCUT2D eigenvalue weighted by Gasteiger charge is 2.20. The Bertz CT molecular complexity index is 755. The molecule has 0 bridgehead atoms. The van der Waals surface area contributed by atoms with Crippen molar-refractivity contribution >= 4 is 33.4 Å². The number of ketones is 1. The number of benzene rings is 1. The summed E-state index contributed by atoms with van der Waals surface area (Å²) in [7, 11) is 1.66. The van der Waals surface area contributed by atoms with Crippen molar-refractivity contribution in [3.63, 3.8) is 0 Å². The fraction of sp³-hybridized carbons (Fsp3) is 0.312. The molecule has 0 aliphatic rings. The number of nitrogens with zero attached hydrogens (tertiary/aromatic N) is 2. The van der Waals surface area contributed by atoms with Crippen molar-refractivity contribution < 1.29 is 14.3 Å². The number of carbonyl (C=O) groups is 2. The van der Waals surface area contributed by atoms with Crippen molar-refractivity contribution in [2.75, 3.05) is 5.32 Å². The number of Topliss-reactive ketones (excluding diaryl/α,β-unsaturated/α-hetero) is 1. The minimum atomic E-state index is -0.733. The summed E-state index contributed by atoms with van der Waals surface area (Å²) in [5, 5.41) is 6.68. The van der Waals surface area contributed by atoms with E-state index in [9.17, 15) is 9.59 Å². The number of halogens is 1. The number of nitrogens with one attached hydrogen (secondary N) is 1. The predicted octanol–water partition coefficient (Wildman–Crippen LogP) is 3.10. The van der Waals surface area contributed by atoms with Gasteiger partial charge < -0.3 is 10.1 Å². The molecule has 0 fully saturated rings. The zero-order valence-corrected chi connectivity index (χ0v) is 15.0. The van der Waals surface area contributed by atoms with Gasteiger partial charge in [0.2, 0.25) is 0 Å². The van der Waals surface area contributed by atoms with E-state index in [0.29, 0.717) is 17.1 Å². The van der Waals surface area contributed by atoms with Gasteiger partial charge in [-0.1, -0.05) is 6.07 Å². The molecule has 1 aromatic heterocycles. The fourth-order valence-corrected chi connectivity index (χ4v) is 2.59. The SMILES string of the molecule is CC(=O)c1cnn(C)c1NC(=O)[C@H](C)Oc1ccc(C)cc1Br. The largest absolute Gasteiger partial charge is 0.480 e. The quantitative estimate of drug-likeness (QED) is 0.810. The Morgan fingerprint density at radius 3 is 2.70 bits per heavy atom. The standard InChI is InChI=1S/C16H18BrN3O3/c1-9-5-6-14(13(17)7-9)23-11(3)16(22)19-15-12(10(2)21)8-18-20(15)4/h5-8,11H,1-4H3,(H,19,22)/t11-/m0/s1. The number of hydrogen-bond donors (Lipinski definition) is 1. The third kappa shape index (κ3) is 3.98. The van der Waals surface area contributed by atoms with Crippen molar-refractivity contribution in [1.82, 2.24) is 9.78 Å². The third-order valence-corrected chi connectivity index (χ3v) is 3.94. The molecule has 7 heteroatoms. The van der Waals surface area contributed by atoms with Crippen LogP contribution in [0.5, 0.6) is 5.75 Å². The first-order chi connectivity index (χ1) is 10.8. The molecule has 2 aromatic rings. The highest BCUT2D eigenvalue weighted by atomic mass is 79.9. The first-order valence-corrected chi connectivity index (χ1v) is 7.85. The fourth-order valence-electron chi connectivity index (χ4n) is 2.01. The molecule has 6 nitrogen and oxygen atoms in total. The summed E-state index contributed by atoms with van der Waals surface area (Å²) < 4.78 is 7.90. The first kappa shape index (κ1) is 17.2. The van der Waals surface area contributed by atoms with Crippen LogP contribution in [0.1, 0.15) is 29.8 Å². The molecule has 0 aliphatic heterocycles. The molecule has 0 radical (unpaired) electrons. The molecular formula is C16H18BrN3O3. The van der Waals surface area contributed by atoms with Gasteiger partial charge in [-0.3, -0.25) is 14.3 Å². The third-order valence-electron chi connectivity index (χ3n) is 3.32. The molecule has 0 unspecified atom stereocenters. The molecule has 1 heterocycles. The maximum Gasteiger partial charge on any atom is 0.266 e. The summed E-state index contributed by atoms with van der Waals surface area (Å²) in [6.45, 7) is 5.04.